The molecule has 98 valence electrons. The van der Waals surface area contributed by atoms with Crippen molar-refractivity contribution in [3.63, 3.8) is 0 Å². The van der Waals surface area contributed by atoms with Crippen LogP contribution in [0.3, 0.4) is 0 Å². The van der Waals surface area contributed by atoms with E-state index in [1.54, 1.807) is 0 Å². The summed E-state index contributed by atoms with van der Waals surface area (Å²) in [6.45, 7) is 2.86. The zero-order valence-corrected chi connectivity index (χ0v) is 9.33. The second-order valence-corrected chi connectivity index (χ2v) is 3.06. The highest BCUT2D eigenvalue weighted by atomic mass is 16.6. The fourth-order valence-electron chi connectivity index (χ4n) is 0.894. The van der Waals surface area contributed by atoms with Crippen LogP contribution in [0.15, 0.2) is 12.7 Å². The van der Waals surface area contributed by atoms with E-state index in [9.17, 15) is 9.59 Å². The molecular formula is C10H16O7. The number of carbonyl (C=O) groups is 2. The Morgan fingerprint density at radius 3 is 2.24 bits per heavy atom. The van der Waals surface area contributed by atoms with Gasteiger partial charge in [0, 0.05) is 0 Å². The van der Waals surface area contributed by atoms with Gasteiger partial charge in [-0.1, -0.05) is 6.08 Å². The predicted octanol–water partition coefficient (Wildman–Crippen LogP) is -0.240. The summed E-state index contributed by atoms with van der Waals surface area (Å²) in [5.41, 5.74) is 0. The molecular weight excluding hydrogens is 232 g/mol. The molecule has 1 atom stereocenters. The molecule has 0 aliphatic rings. The Hall–Kier alpha value is -1.44. The van der Waals surface area contributed by atoms with Gasteiger partial charge in [0.25, 0.3) is 0 Å². The van der Waals surface area contributed by atoms with Gasteiger partial charge in [-0.05, 0) is 0 Å². The van der Waals surface area contributed by atoms with Crippen LogP contribution in [0.2, 0.25) is 0 Å². The zero-order valence-electron chi connectivity index (χ0n) is 9.33. The minimum absolute atomic E-state index is 0.0449. The number of carboxylic acids is 2. The first-order valence-corrected chi connectivity index (χ1v) is 4.87. The average Bonchev–Trinajstić information content (AvgIpc) is 2.24. The van der Waals surface area contributed by atoms with Gasteiger partial charge in [0.15, 0.2) is 0 Å². The molecule has 0 aliphatic carbocycles. The van der Waals surface area contributed by atoms with Crippen LogP contribution in [0, 0.1) is 0 Å². The molecule has 0 saturated carbocycles. The van der Waals surface area contributed by atoms with Crippen LogP contribution in [-0.2, 0) is 23.8 Å². The number of rotatable bonds is 11. The van der Waals surface area contributed by atoms with Gasteiger partial charge in [-0.25, -0.2) is 9.59 Å². The highest BCUT2D eigenvalue weighted by Crippen LogP contribution is 1.96. The van der Waals surface area contributed by atoms with Gasteiger partial charge < -0.3 is 24.4 Å². The first-order chi connectivity index (χ1) is 8.06. The van der Waals surface area contributed by atoms with Crippen LogP contribution in [-0.4, -0.2) is 61.3 Å². The van der Waals surface area contributed by atoms with Crippen LogP contribution in [0.25, 0.3) is 0 Å². The second-order valence-electron chi connectivity index (χ2n) is 3.06. The summed E-state index contributed by atoms with van der Waals surface area (Å²) in [4.78, 5) is 20.5. The minimum Gasteiger partial charge on any atom is -0.480 e. The van der Waals surface area contributed by atoms with Crippen molar-refractivity contribution in [2.45, 2.75) is 6.10 Å². The third-order valence-electron chi connectivity index (χ3n) is 1.51. The molecule has 0 fully saturated rings. The van der Waals surface area contributed by atoms with E-state index in [-0.39, 0.29) is 13.2 Å². The molecule has 0 saturated heterocycles. The summed E-state index contributed by atoms with van der Waals surface area (Å²) in [5.74, 6) is -2.22. The molecule has 0 bridgehead atoms. The molecule has 0 aromatic carbocycles. The monoisotopic (exact) mass is 248 g/mol. The molecule has 0 spiro atoms. The van der Waals surface area contributed by atoms with E-state index in [0.717, 1.165) is 0 Å². The molecule has 0 aromatic heterocycles. The van der Waals surface area contributed by atoms with Crippen molar-refractivity contribution in [3.8, 4) is 0 Å². The molecule has 7 heteroatoms. The van der Waals surface area contributed by atoms with Crippen LogP contribution in [0.4, 0.5) is 0 Å². The quantitative estimate of drug-likeness (QED) is 0.384. The van der Waals surface area contributed by atoms with E-state index < -0.39 is 31.3 Å². The number of hydrogen-bond donors (Lipinski definition) is 2. The van der Waals surface area contributed by atoms with E-state index in [4.69, 9.17) is 24.4 Å². The summed E-state index contributed by atoms with van der Waals surface area (Å²) >= 11 is 0. The first kappa shape index (κ1) is 15.6. The topological polar surface area (TPSA) is 102 Å². The number of hydrogen-bond acceptors (Lipinski definition) is 5. The summed E-state index contributed by atoms with van der Waals surface area (Å²) in [6, 6.07) is 0. The van der Waals surface area contributed by atoms with Crippen molar-refractivity contribution in [1.29, 1.82) is 0 Å². The van der Waals surface area contributed by atoms with E-state index >= 15 is 0 Å². The number of ether oxygens (including phenoxy) is 3. The largest absolute Gasteiger partial charge is 0.480 e. The fourth-order valence-corrected chi connectivity index (χ4v) is 0.894. The van der Waals surface area contributed by atoms with Crippen LogP contribution in [0.5, 0.6) is 0 Å². The van der Waals surface area contributed by atoms with Crippen molar-refractivity contribution < 1.29 is 34.0 Å². The molecule has 1 unspecified atom stereocenters. The summed E-state index contributed by atoms with van der Waals surface area (Å²) in [7, 11) is 0. The summed E-state index contributed by atoms with van der Waals surface area (Å²) in [5, 5.41) is 16.8. The van der Waals surface area contributed by atoms with Gasteiger partial charge in [-0.3, -0.25) is 0 Å². The average molecular weight is 248 g/mol. The molecule has 7 nitrogen and oxygen atoms in total. The van der Waals surface area contributed by atoms with E-state index in [2.05, 4.69) is 6.58 Å². The predicted molar refractivity (Wildman–Crippen MR) is 56.8 cm³/mol. The van der Waals surface area contributed by atoms with E-state index in [1.165, 1.54) is 6.08 Å². The standard InChI is InChI=1S/C10H16O7/c1-2-3-15-4-8(17-7-10(13)14)5-16-6-9(11)12/h2,8H,1,3-7H2,(H,11,12)(H,13,14). The molecule has 0 radical (unpaired) electrons. The second kappa shape index (κ2) is 9.76. The van der Waals surface area contributed by atoms with Crippen LogP contribution in [0.1, 0.15) is 0 Å². The van der Waals surface area contributed by atoms with Crippen molar-refractivity contribution >= 4 is 11.9 Å². The van der Waals surface area contributed by atoms with E-state index in [0.29, 0.717) is 6.61 Å². The molecule has 0 aliphatic heterocycles. The smallest absolute Gasteiger partial charge is 0.329 e. The molecule has 0 rings (SSSR count). The summed E-state index contributed by atoms with van der Waals surface area (Å²) < 4.78 is 14.8. The van der Waals surface area contributed by atoms with Crippen molar-refractivity contribution in [3.05, 3.63) is 12.7 Å². The molecule has 0 aromatic rings. The SMILES string of the molecule is C=CCOCC(COCC(=O)O)OCC(=O)O. The maximum absolute atomic E-state index is 10.3. The Morgan fingerprint density at radius 1 is 1.12 bits per heavy atom. The molecule has 2 N–H and O–H groups in total. The van der Waals surface area contributed by atoms with Gasteiger partial charge >= 0.3 is 11.9 Å². The van der Waals surface area contributed by atoms with Gasteiger partial charge in [0.1, 0.15) is 19.3 Å². The molecule has 0 heterocycles. The van der Waals surface area contributed by atoms with Gasteiger partial charge in [-0.15, -0.1) is 6.58 Å². The van der Waals surface area contributed by atoms with Crippen LogP contribution < -0.4 is 0 Å². The Labute approximate surface area is 98.6 Å². The third-order valence-corrected chi connectivity index (χ3v) is 1.51. The van der Waals surface area contributed by atoms with Crippen LogP contribution >= 0.6 is 0 Å². The first-order valence-electron chi connectivity index (χ1n) is 4.87. The molecule has 17 heavy (non-hydrogen) atoms. The lowest BCUT2D eigenvalue weighted by Gasteiger charge is -2.16. The Kier molecular flexibility index (Phi) is 8.94. The van der Waals surface area contributed by atoms with Gasteiger partial charge in [0.2, 0.25) is 0 Å². The van der Waals surface area contributed by atoms with E-state index in [1.807, 2.05) is 0 Å². The van der Waals surface area contributed by atoms with Gasteiger partial charge in [-0.2, -0.15) is 0 Å². The Balaban J connectivity index is 3.86. The Morgan fingerprint density at radius 2 is 1.71 bits per heavy atom. The molecule has 0 amide bonds. The minimum atomic E-state index is -1.11. The lowest BCUT2D eigenvalue weighted by atomic mass is 10.4. The van der Waals surface area contributed by atoms with Gasteiger partial charge in [0.05, 0.1) is 19.8 Å². The number of aliphatic carboxylic acids is 2. The number of carboxylic acid groups (broad SMARTS) is 2. The zero-order chi connectivity index (χ0) is 13.1. The highest BCUT2D eigenvalue weighted by molar-refractivity contribution is 5.68. The third kappa shape index (κ3) is 10.8. The maximum atomic E-state index is 10.3. The lowest BCUT2D eigenvalue weighted by Crippen LogP contribution is -2.29. The van der Waals surface area contributed by atoms with Crippen molar-refractivity contribution in [2.75, 3.05) is 33.0 Å². The fraction of sp³-hybridized carbons (Fsp3) is 0.600. The Bertz CT molecular complexity index is 251. The summed E-state index contributed by atoms with van der Waals surface area (Å²) in [6.07, 6.45) is 0.914. The highest BCUT2D eigenvalue weighted by Gasteiger charge is 2.12. The van der Waals surface area contributed by atoms with Crippen molar-refractivity contribution in [1.82, 2.24) is 0 Å². The maximum Gasteiger partial charge on any atom is 0.329 e. The van der Waals surface area contributed by atoms with Crippen molar-refractivity contribution in [2.24, 2.45) is 0 Å². The normalized spacial score (nSPS) is 12.0. The lowest BCUT2D eigenvalue weighted by molar-refractivity contribution is -0.151.